The lowest BCUT2D eigenvalue weighted by atomic mass is 10.1. The fourth-order valence-corrected chi connectivity index (χ4v) is 2.15. The van der Waals surface area contributed by atoms with Crippen LogP contribution in [0, 0.1) is 5.82 Å². The second-order valence-electron chi connectivity index (χ2n) is 4.58. The molecule has 1 aromatic rings. The molecule has 0 unspecified atom stereocenters. The minimum Gasteiger partial charge on any atom is -0.467 e. The highest BCUT2D eigenvalue weighted by molar-refractivity contribution is 5.79. The van der Waals surface area contributed by atoms with E-state index in [0.717, 1.165) is 16.9 Å². The lowest BCUT2D eigenvalue weighted by Gasteiger charge is -2.21. The van der Waals surface area contributed by atoms with Crippen LogP contribution in [0.5, 0.6) is 5.75 Å². The molecular formula is C15H20FN3O2. The highest BCUT2D eigenvalue weighted by Crippen LogP contribution is 2.29. The molecule has 114 valence electrons. The number of guanidine groups is 1. The molecule has 5 nitrogen and oxygen atoms in total. The molecule has 0 saturated heterocycles. The molecule has 1 aromatic carbocycles. The lowest BCUT2D eigenvalue weighted by molar-refractivity contribution is -0.0172. The van der Waals surface area contributed by atoms with Gasteiger partial charge in [-0.15, -0.1) is 6.58 Å². The van der Waals surface area contributed by atoms with Crippen molar-refractivity contribution in [2.75, 3.05) is 26.9 Å². The molecule has 0 bridgehead atoms. The van der Waals surface area contributed by atoms with Crippen LogP contribution in [0.3, 0.4) is 0 Å². The minimum absolute atomic E-state index is 0.210. The smallest absolute Gasteiger partial charge is 0.191 e. The first-order valence-electron chi connectivity index (χ1n) is 6.82. The molecule has 6 heteroatoms. The number of nitrogens with zero attached hydrogens (tertiary/aromatic N) is 1. The zero-order valence-electron chi connectivity index (χ0n) is 12.1. The van der Waals surface area contributed by atoms with Crippen molar-refractivity contribution < 1.29 is 13.9 Å². The predicted octanol–water partition coefficient (Wildman–Crippen LogP) is 1.59. The first-order chi connectivity index (χ1) is 10.2. The lowest BCUT2D eigenvalue weighted by Crippen LogP contribution is -2.38. The molecule has 21 heavy (non-hydrogen) atoms. The fraction of sp³-hybridized carbons (Fsp3) is 0.400. The number of hydrogen-bond acceptors (Lipinski definition) is 3. The molecule has 1 aliphatic rings. The SMILES string of the molecule is C=CCNC(=NC)NCCc1cc(F)cc2c1OCOC2. The molecular weight excluding hydrogens is 273 g/mol. The van der Waals surface area contributed by atoms with Gasteiger partial charge in [-0.1, -0.05) is 6.08 Å². The van der Waals surface area contributed by atoms with Gasteiger partial charge >= 0.3 is 0 Å². The van der Waals surface area contributed by atoms with Gasteiger partial charge in [0.2, 0.25) is 0 Å². The molecule has 0 amide bonds. The molecule has 0 atom stereocenters. The van der Waals surface area contributed by atoms with E-state index in [9.17, 15) is 4.39 Å². The van der Waals surface area contributed by atoms with Gasteiger partial charge in [-0.05, 0) is 24.1 Å². The number of aliphatic imine (C=N–C) groups is 1. The number of halogens is 1. The van der Waals surface area contributed by atoms with E-state index in [1.54, 1.807) is 13.1 Å². The molecule has 1 aliphatic heterocycles. The van der Waals surface area contributed by atoms with E-state index in [2.05, 4.69) is 22.2 Å². The van der Waals surface area contributed by atoms with Gasteiger partial charge in [0.15, 0.2) is 12.8 Å². The standard InChI is InChI=1S/C15H20FN3O2/c1-3-5-18-15(17-2)19-6-4-11-7-13(16)8-12-9-20-10-21-14(11)12/h3,7-8H,1,4-6,9-10H2,2H3,(H2,17,18,19). The van der Waals surface area contributed by atoms with Crippen LogP contribution in [-0.4, -0.2) is 32.9 Å². The van der Waals surface area contributed by atoms with Gasteiger partial charge < -0.3 is 20.1 Å². The molecule has 2 rings (SSSR count). The summed E-state index contributed by atoms with van der Waals surface area (Å²) in [5, 5.41) is 6.24. The van der Waals surface area contributed by atoms with Crippen LogP contribution < -0.4 is 15.4 Å². The van der Waals surface area contributed by atoms with Crippen LogP contribution in [-0.2, 0) is 17.8 Å². The van der Waals surface area contributed by atoms with Crippen molar-refractivity contribution in [1.82, 2.24) is 10.6 Å². The number of nitrogens with one attached hydrogen (secondary N) is 2. The van der Waals surface area contributed by atoms with Gasteiger partial charge in [-0.3, -0.25) is 4.99 Å². The Morgan fingerprint density at radius 3 is 3.10 bits per heavy atom. The first-order valence-corrected chi connectivity index (χ1v) is 6.82. The number of rotatable bonds is 5. The van der Waals surface area contributed by atoms with Crippen LogP contribution in [0.1, 0.15) is 11.1 Å². The largest absolute Gasteiger partial charge is 0.467 e. The number of benzene rings is 1. The Balaban J connectivity index is 1.97. The Bertz CT molecular complexity index is 532. The van der Waals surface area contributed by atoms with Crippen LogP contribution in [0.4, 0.5) is 4.39 Å². The summed E-state index contributed by atoms with van der Waals surface area (Å²) >= 11 is 0. The topological polar surface area (TPSA) is 54.9 Å². The molecule has 2 N–H and O–H groups in total. The van der Waals surface area contributed by atoms with Crippen molar-refractivity contribution in [2.45, 2.75) is 13.0 Å². The van der Waals surface area contributed by atoms with Crippen LogP contribution in [0.25, 0.3) is 0 Å². The molecule has 0 fully saturated rings. The normalized spacial score (nSPS) is 14.1. The van der Waals surface area contributed by atoms with Crippen molar-refractivity contribution >= 4 is 5.96 Å². The van der Waals surface area contributed by atoms with Crippen LogP contribution in [0.2, 0.25) is 0 Å². The summed E-state index contributed by atoms with van der Waals surface area (Å²) in [4.78, 5) is 4.08. The molecule has 0 saturated carbocycles. The van der Waals surface area contributed by atoms with E-state index in [1.165, 1.54) is 12.1 Å². The Hall–Kier alpha value is -2.08. The zero-order valence-corrected chi connectivity index (χ0v) is 12.1. The summed E-state index contributed by atoms with van der Waals surface area (Å²) in [6, 6.07) is 2.96. The summed E-state index contributed by atoms with van der Waals surface area (Å²) < 4.78 is 24.2. The van der Waals surface area contributed by atoms with Crippen molar-refractivity contribution in [3.8, 4) is 5.75 Å². The monoisotopic (exact) mass is 293 g/mol. The summed E-state index contributed by atoms with van der Waals surface area (Å²) in [6.07, 6.45) is 2.39. The summed E-state index contributed by atoms with van der Waals surface area (Å²) in [5.41, 5.74) is 1.59. The minimum atomic E-state index is -0.271. The van der Waals surface area contributed by atoms with Gasteiger partial charge in [0.25, 0.3) is 0 Å². The third-order valence-corrected chi connectivity index (χ3v) is 3.08. The van der Waals surface area contributed by atoms with Crippen molar-refractivity contribution in [2.24, 2.45) is 4.99 Å². The van der Waals surface area contributed by atoms with Gasteiger partial charge in [0.05, 0.1) is 6.61 Å². The number of hydrogen-bond donors (Lipinski definition) is 2. The van der Waals surface area contributed by atoms with Gasteiger partial charge in [0.1, 0.15) is 11.6 Å². The average molecular weight is 293 g/mol. The van der Waals surface area contributed by atoms with Crippen molar-refractivity contribution in [3.05, 3.63) is 41.7 Å². The van der Waals surface area contributed by atoms with E-state index in [1.807, 2.05) is 0 Å². The predicted molar refractivity (Wildman–Crippen MR) is 79.9 cm³/mol. The highest BCUT2D eigenvalue weighted by Gasteiger charge is 2.16. The van der Waals surface area contributed by atoms with Gasteiger partial charge in [0, 0.05) is 25.7 Å². The van der Waals surface area contributed by atoms with Crippen molar-refractivity contribution in [3.63, 3.8) is 0 Å². The summed E-state index contributed by atoms with van der Waals surface area (Å²) in [5.74, 6) is 1.15. The first kappa shape index (κ1) is 15.3. The van der Waals surface area contributed by atoms with E-state index >= 15 is 0 Å². The molecule has 0 aromatic heterocycles. The third-order valence-electron chi connectivity index (χ3n) is 3.08. The van der Waals surface area contributed by atoms with Crippen molar-refractivity contribution in [1.29, 1.82) is 0 Å². The Labute approximate surface area is 123 Å². The Morgan fingerprint density at radius 1 is 1.48 bits per heavy atom. The second kappa shape index (κ2) is 7.64. The second-order valence-corrected chi connectivity index (χ2v) is 4.58. The average Bonchev–Trinajstić information content (AvgIpc) is 2.50. The maximum Gasteiger partial charge on any atom is 0.191 e. The molecule has 0 spiro atoms. The maximum absolute atomic E-state index is 13.6. The molecule has 0 radical (unpaired) electrons. The number of ether oxygens (including phenoxy) is 2. The summed E-state index contributed by atoms with van der Waals surface area (Å²) in [6.45, 7) is 5.49. The Kier molecular flexibility index (Phi) is 5.57. The maximum atomic E-state index is 13.6. The van der Waals surface area contributed by atoms with E-state index < -0.39 is 0 Å². The van der Waals surface area contributed by atoms with Crippen LogP contribution >= 0.6 is 0 Å². The van der Waals surface area contributed by atoms with Crippen LogP contribution in [0.15, 0.2) is 29.8 Å². The molecule has 0 aliphatic carbocycles. The third kappa shape index (κ3) is 4.19. The number of fused-ring (bicyclic) bond motifs is 1. The van der Waals surface area contributed by atoms with Gasteiger partial charge in [-0.2, -0.15) is 0 Å². The van der Waals surface area contributed by atoms with E-state index in [4.69, 9.17) is 9.47 Å². The van der Waals surface area contributed by atoms with E-state index in [0.29, 0.717) is 32.1 Å². The van der Waals surface area contributed by atoms with E-state index in [-0.39, 0.29) is 12.6 Å². The quantitative estimate of drug-likeness (QED) is 0.492. The highest BCUT2D eigenvalue weighted by atomic mass is 19.1. The zero-order chi connectivity index (χ0) is 15.1. The summed E-state index contributed by atoms with van der Waals surface area (Å²) in [7, 11) is 1.70. The molecule has 1 heterocycles. The fourth-order valence-electron chi connectivity index (χ4n) is 2.15. The Morgan fingerprint density at radius 2 is 2.33 bits per heavy atom. The van der Waals surface area contributed by atoms with Gasteiger partial charge in [-0.25, -0.2) is 4.39 Å².